The van der Waals surface area contributed by atoms with Crippen LogP contribution in [0.25, 0.3) is 0 Å². The van der Waals surface area contributed by atoms with Crippen molar-refractivity contribution in [2.24, 2.45) is 0 Å². The fraction of sp³-hybridized carbons (Fsp3) is 0.125. The number of amides is 2. The van der Waals surface area contributed by atoms with E-state index in [1.807, 2.05) is 24.3 Å². The SMILES string of the molecule is O=C1c2ccccc2C(=O)N1CCSc1cccc(Br)c1. The summed E-state index contributed by atoms with van der Waals surface area (Å²) < 4.78 is 1.02. The van der Waals surface area contributed by atoms with E-state index < -0.39 is 0 Å². The summed E-state index contributed by atoms with van der Waals surface area (Å²) in [5.41, 5.74) is 1.02. The molecule has 0 saturated heterocycles. The van der Waals surface area contributed by atoms with Gasteiger partial charge in [-0.05, 0) is 30.3 Å². The van der Waals surface area contributed by atoms with Crippen LogP contribution in [0.2, 0.25) is 0 Å². The summed E-state index contributed by atoms with van der Waals surface area (Å²) in [5.74, 6) is 0.304. The average molecular weight is 362 g/mol. The summed E-state index contributed by atoms with van der Waals surface area (Å²) in [6.45, 7) is 0.420. The lowest BCUT2D eigenvalue weighted by atomic mass is 10.1. The molecule has 0 aliphatic carbocycles. The zero-order valence-electron chi connectivity index (χ0n) is 11.1. The quantitative estimate of drug-likeness (QED) is 0.613. The second-order valence-corrected chi connectivity index (χ2v) is 6.70. The summed E-state index contributed by atoms with van der Waals surface area (Å²) in [7, 11) is 0. The molecule has 2 aromatic carbocycles. The van der Waals surface area contributed by atoms with Crippen LogP contribution in [0.15, 0.2) is 57.9 Å². The molecule has 1 aliphatic heterocycles. The van der Waals surface area contributed by atoms with E-state index in [1.165, 1.54) is 4.90 Å². The van der Waals surface area contributed by atoms with Crippen molar-refractivity contribution in [2.45, 2.75) is 4.90 Å². The lowest BCUT2D eigenvalue weighted by Crippen LogP contribution is -2.31. The zero-order valence-corrected chi connectivity index (χ0v) is 13.5. The van der Waals surface area contributed by atoms with Crippen LogP contribution >= 0.6 is 27.7 Å². The van der Waals surface area contributed by atoms with Crippen molar-refractivity contribution < 1.29 is 9.59 Å². The molecule has 0 radical (unpaired) electrons. The molecule has 0 saturated carbocycles. The highest BCUT2D eigenvalue weighted by molar-refractivity contribution is 9.10. The number of nitrogens with zero attached hydrogens (tertiary/aromatic N) is 1. The molecule has 0 fully saturated rings. The largest absolute Gasteiger partial charge is 0.273 e. The van der Waals surface area contributed by atoms with Crippen LogP contribution < -0.4 is 0 Å². The average Bonchev–Trinajstić information content (AvgIpc) is 2.73. The first-order valence-corrected chi connectivity index (χ1v) is 8.28. The first-order chi connectivity index (χ1) is 10.2. The van der Waals surface area contributed by atoms with E-state index in [2.05, 4.69) is 15.9 Å². The number of benzene rings is 2. The minimum Gasteiger partial charge on any atom is -0.273 e. The molecule has 0 unspecified atom stereocenters. The molecule has 1 aliphatic rings. The number of imide groups is 1. The third kappa shape index (κ3) is 2.89. The molecule has 0 aromatic heterocycles. The number of fused-ring (bicyclic) bond motifs is 1. The van der Waals surface area contributed by atoms with Gasteiger partial charge in [0.25, 0.3) is 11.8 Å². The normalized spacial score (nSPS) is 13.7. The van der Waals surface area contributed by atoms with E-state index in [-0.39, 0.29) is 11.8 Å². The van der Waals surface area contributed by atoms with Gasteiger partial charge in [-0.1, -0.05) is 34.1 Å². The smallest absolute Gasteiger partial charge is 0.261 e. The Bertz CT molecular complexity index is 682. The predicted molar refractivity (Wildman–Crippen MR) is 86.7 cm³/mol. The Labute approximate surface area is 135 Å². The number of rotatable bonds is 4. The Balaban J connectivity index is 1.65. The van der Waals surface area contributed by atoms with E-state index in [1.54, 1.807) is 36.0 Å². The third-order valence-electron chi connectivity index (χ3n) is 3.26. The Morgan fingerprint density at radius 2 is 1.62 bits per heavy atom. The second-order valence-electron chi connectivity index (χ2n) is 4.61. The van der Waals surface area contributed by atoms with Crippen LogP contribution in [0.5, 0.6) is 0 Å². The monoisotopic (exact) mass is 361 g/mol. The van der Waals surface area contributed by atoms with Gasteiger partial charge in [-0.15, -0.1) is 11.8 Å². The third-order valence-corrected chi connectivity index (χ3v) is 4.73. The van der Waals surface area contributed by atoms with Crippen molar-refractivity contribution in [3.63, 3.8) is 0 Å². The molecule has 2 amide bonds. The predicted octanol–water partition coefficient (Wildman–Crippen LogP) is 3.84. The van der Waals surface area contributed by atoms with Crippen molar-refractivity contribution in [2.75, 3.05) is 12.3 Å². The standard InChI is InChI=1S/C16H12BrNO2S/c17-11-4-3-5-12(10-11)21-9-8-18-15(19)13-6-1-2-7-14(13)16(18)20/h1-7,10H,8-9H2. The molecular weight excluding hydrogens is 350 g/mol. The molecule has 0 spiro atoms. The number of thioether (sulfide) groups is 1. The van der Waals surface area contributed by atoms with Gasteiger partial charge in [0.2, 0.25) is 0 Å². The lowest BCUT2D eigenvalue weighted by Gasteiger charge is -2.13. The molecule has 106 valence electrons. The van der Waals surface area contributed by atoms with Crippen molar-refractivity contribution in [1.29, 1.82) is 0 Å². The van der Waals surface area contributed by atoms with Gasteiger partial charge in [-0.3, -0.25) is 14.5 Å². The molecule has 1 heterocycles. The minimum atomic E-state index is -0.189. The summed E-state index contributed by atoms with van der Waals surface area (Å²) in [6, 6.07) is 14.9. The fourth-order valence-electron chi connectivity index (χ4n) is 2.25. The molecule has 2 aromatic rings. The van der Waals surface area contributed by atoms with Crippen molar-refractivity contribution >= 4 is 39.5 Å². The van der Waals surface area contributed by atoms with Gasteiger partial charge in [0.1, 0.15) is 0 Å². The number of hydrogen-bond acceptors (Lipinski definition) is 3. The summed E-state index contributed by atoms with van der Waals surface area (Å²) in [5, 5.41) is 0. The van der Waals surface area contributed by atoms with Crippen molar-refractivity contribution in [3.05, 3.63) is 64.1 Å². The van der Waals surface area contributed by atoms with Crippen LogP contribution in [0.1, 0.15) is 20.7 Å². The first-order valence-electron chi connectivity index (χ1n) is 6.50. The number of carbonyl (C=O) groups excluding carboxylic acids is 2. The van der Waals surface area contributed by atoms with Crippen molar-refractivity contribution in [1.82, 2.24) is 4.90 Å². The van der Waals surface area contributed by atoms with Crippen LogP contribution in [0, 0.1) is 0 Å². The van der Waals surface area contributed by atoms with E-state index in [4.69, 9.17) is 0 Å². The Morgan fingerprint density at radius 1 is 0.952 bits per heavy atom. The molecule has 5 heteroatoms. The van der Waals surface area contributed by atoms with Gasteiger partial charge in [-0.2, -0.15) is 0 Å². The van der Waals surface area contributed by atoms with Gasteiger partial charge in [-0.25, -0.2) is 0 Å². The van der Waals surface area contributed by atoms with Crippen LogP contribution in [-0.4, -0.2) is 29.0 Å². The van der Waals surface area contributed by atoms with Crippen molar-refractivity contribution in [3.8, 4) is 0 Å². The highest BCUT2D eigenvalue weighted by Crippen LogP contribution is 2.25. The van der Waals surface area contributed by atoms with Gasteiger partial charge in [0.05, 0.1) is 11.1 Å². The van der Waals surface area contributed by atoms with E-state index in [9.17, 15) is 9.59 Å². The van der Waals surface area contributed by atoms with E-state index in [0.717, 1.165) is 9.37 Å². The molecule has 3 rings (SSSR count). The maximum atomic E-state index is 12.2. The fourth-order valence-corrected chi connectivity index (χ4v) is 3.70. The van der Waals surface area contributed by atoms with Crippen LogP contribution in [0.4, 0.5) is 0 Å². The summed E-state index contributed by atoms with van der Waals surface area (Å²) in [6.07, 6.45) is 0. The summed E-state index contributed by atoms with van der Waals surface area (Å²) >= 11 is 5.06. The Kier molecular flexibility index (Phi) is 4.12. The maximum absolute atomic E-state index is 12.2. The molecule has 0 N–H and O–H groups in total. The zero-order chi connectivity index (χ0) is 14.8. The van der Waals surface area contributed by atoms with Gasteiger partial charge >= 0.3 is 0 Å². The topological polar surface area (TPSA) is 37.4 Å². The number of halogens is 1. The van der Waals surface area contributed by atoms with E-state index >= 15 is 0 Å². The Morgan fingerprint density at radius 3 is 2.24 bits per heavy atom. The molecule has 0 atom stereocenters. The van der Waals surface area contributed by atoms with Crippen LogP contribution in [-0.2, 0) is 0 Å². The second kappa shape index (κ2) is 6.03. The number of hydrogen-bond donors (Lipinski definition) is 0. The molecular formula is C16H12BrNO2S. The Hall–Kier alpha value is -1.59. The minimum absolute atomic E-state index is 0.189. The van der Waals surface area contributed by atoms with Crippen LogP contribution in [0.3, 0.4) is 0 Å². The highest BCUT2D eigenvalue weighted by atomic mass is 79.9. The van der Waals surface area contributed by atoms with Gasteiger partial charge in [0, 0.05) is 21.7 Å². The molecule has 3 nitrogen and oxygen atoms in total. The van der Waals surface area contributed by atoms with Gasteiger partial charge < -0.3 is 0 Å². The highest BCUT2D eigenvalue weighted by Gasteiger charge is 2.34. The molecule has 21 heavy (non-hydrogen) atoms. The van der Waals surface area contributed by atoms with E-state index in [0.29, 0.717) is 23.4 Å². The number of carbonyl (C=O) groups is 2. The maximum Gasteiger partial charge on any atom is 0.261 e. The van der Waals surface area contributed by atoms with Gasteiger partial charge in [0.15, 0.2) is 0 Å². The first kappa shape index (κ1) is 14.4. The molecule has 0 bridgehead atoms. The summed E-state index contributed by atoms with van der Waals surface area (Å²) in [4.78, 5) is 26.8. The lowest BCUT2D eigenvalue weighted by molar-refractivity contribution is 0.0664.